The first-order chi connectivity index (χ1) is 10.0. The third-order valence-corrected chi connectivity index (χ3v) is 3.54. The fourth-order valence-electron chi connectivity index (χ4n) is 2.53. The highest BCUT2D eigenvalue weighted by Crippen LogP contribution is 2.36. The Hall–Kier alpha value is -1.69. The lowest BCUT2D eigenvalue weighted by Gasteiger charge is -2.30. The minimum atomic E-state index is -1.14. The Kier molecular flexibility index (Phi) is 5.88. The molecular weight excluding hydrogens is 284 g/mol. The van der Waals surface area contributed by atoms with Crippen LogP contribution < -0.4 is 5.73 Å². The fraction of sp³-hybridized carbons (Fsp3) is 0.688. The van der Waals surface area contributed by atoms with Crippen molar-refractivity contribution in [3.05, 3.63) is 11.3 Å². The monoisotopic (exact) mass is 310 g/mol. The highest BCUT2D eigenvalue weighted by atomic mass is 16.4. The molecule has 0 aromatic heterocycles. The second-order valence-electron chi connectivity index (χ2n) is 7.09. The van der Waals surface area contributed by atoms with E-state index in [1.165, 1.54) is 0 Å². The number of ketones is 1. The van der Waals surface area contributed by atoms with Crippen LogP contribution in [0.2, 0.25) is 0 Å². The van der Waals surface area contributed by atoms with Gasteiger partial charge < -0.3 is 15.9 Å². The number of carbonyl (C=O) groups is 2. The largest absolute Gasteiger partial charge is 0.511 e. The number of hydrogen-bond acceptors (Lipinski definition) is 5. The number of nitrogens with zero attached hydrogens (tertiary/aromatic N) is 1. The fourth-order valence-corrected chi connectivity index (χ4v) is 2.53. The quantitative estimate of drug-likeness (QED) is 0.650. The molecule has 1 aliphatic rings. The van der Waals surface area contributed by atoms with E-state index in [9.17, 15) is 14.7 Å². The molecule has 1 atom stereocenters. The van der Waals surface area contributed by atoms with E-state index in [1.54, 1.807) is 0 Å². The lowest BCUT2D eigenvalue weighted by Crippen LogP contribution is -2.34. The number of allylic oxidation sites excluding steroid dienone is 2. The van der Waals surface area contributed by atoms with E-state index in [0.29, 0.717) is 25.0 Å². The van der Waals surface area contributed by atoms with Crippen molar-refractivity contribution in [3.63, 3.8) is 0 Å². The summed E-state index contributed by atoms with van der Waals surface area (Å²) in [5.74, 6) is -1.01. The van der Waals surface area contributed by atoms with Crippen LogP contribution in [0.1, 0.15) is 47.0 Å². The van der Waals surface area contributed by atoms with E-state index >= 15 is 0 Å². The van der Waals surface area contributed by atoms with Gasteiger partial charge in [0.25, 0.3) is 0 Å². The smallest absolute Gasteiger partial charge is 0.322 e. The average molecular weight is 310 g/mol. The maximum atomic E-state index is 12.4. The summed E-state index contributed by atoms with van der Waals surface area (Å²) < 4.78 is 0. The highest BCUT2D eigenvalue weighted by molar-refractivity contribution is 6.23. The number of aliphatic carboxylic acids is 1. The van der Waals surface area contributed by atoms with Crippen molar-refractivity contribution in [2.75, 3.05) is 6.54 Å². The van der Waals surface area contributed by atoms with Crippen LogP contribution in [0.5, 0.6) is 0 Å². The van der Waals surface area contributed by atoms with Gasteiger partial charge >= 0.3 is 5.97 Å². The Balaban J connectivity index is 3.13. The van der Waals surface area contributed by atoms with Gasteiger partial charge in [-0.1, -0.05) is 27.7 Å². The Morgan fingerprint density at radius 3 is 2.41 bits per heavy atom. The molecule has 1 rings (SSSR count). The number of hydrogen-bond donors (Lipinski definition) is 3. The van der Waals surface area contributed by atoms with Gasteiger partial charge in [0.2, 0.25) is 0 Å². The molecule has 6 heteroatoms. The minimum absolute atomic E-state index is 0.0459. The van der Waals surface area contributed by atoms with Crippen molar-refractivity contribution in [3.8, 4) is 0 Å². The summed E-state index contributed by atoms with van der Waals surface area (Å²) in [7, 11) is 0. The van der Waals surface area contributed by atoms with Crippen LogP contribution in [-0.4, -0.2) is 40.3 Å². The van der Waals surface area contributed by atoms with Crippen LogP contribution >= 0.6 is 0 Å². The normalized spacial score (nSPS) is 20.5. The van der Waals surface area contributed by atoms with Crippen molar-refractivity contribution in [2.45, 2.75) is 53.0 Å². The van der Waals surface area contributed by atoms with Gasteiger partial charge in [0.15, 0.2) is 5.78 Å². The first-order valence-electron chi connectivity index (χ1n) is 7.51. The summed E-state index contributed by atoms with van der Waals surface area (Å²) >= 11 is 0. The molecule has 0 aromatic carbocycles. The topological polar surface area (TPSA) is 113 Å². The number of aliphatic imine (C=N–C) groups is 1. The molecule has 0 amide bonds. The van der Waals surface area contributed by atoms with E-state index in [4.69, 9.17) is 10.8 Å². The molecule has 0 aliphatic heterocycles. The van der Waals surface area contributed by atoms with Crippen molar-refractivity contribution in [1.82, 2.24) is 0 Å². The molecular formula is C16H26N2O4. The molecule has 0 radical (unpaired) electrons. The maximum Gasteiger partial charge on any atom is 0.322 e. The van der Waals surface area contributed by atoms with Crippen LogP contribution in [-0.2, 0) is 9.59 Å². The van der Waals surface area contributed by atoms with Crippen molar-refractivity contribution < 1.29 is 19.8 Å². The molecule has 0 aromatic rings. The number of rotatable bonds is 6. The van der Waals surface area contributed by atoms with Crippen LogP contribution in [0, 0.1) is 11.3 Å². The van der Waals surface area contributed by atoms with E-state index in [2.05, 4.69) is 4.99 Å². The van der Waals surface area contributed by atoms with Crippen molar-refractivity contribution in [2.24, 2.45) is 22.1 Å². The first kappa shape index (κ1) is 18.4. The van der Waals surface area contributed by atoms with Gasteiger partial charge in [0.1, 0.15) is 11.8 Å². The molecule has 0 saturated carbocycles. The zero-order valence-electron chi connectivity index (χ0n) is 13.7. The molecule has 124 valence electrons. The molecule has 0 bridgehead atoms. The number of aliphatic hydroxyl groups excluding tert-OH is 1. The lowest BCUT2D eigenvalue weighted by molar-refractivity contribution is -0.138. The minimum Gasteiger partial charge on any atom is -0.511 e. The molecule has 0 spiro atoms. The van der Waals surface area contributed by atoms with Crippen LogP contribution in [0.4, 0.5) is 0 Å². The molecule has 1 aliphatic carbocycles. The van der Waals surface area contributed by atoms with Crippen molar-refractivity contribution in [1.29, 1.82) is 0 Å². The highest BCUT2D eigenvalue weighted by Gasteiger charge is 2.35. The van der Waals surface area contributed by atoms with E-state index in [0.717, 1.165) is 0 Å². The van der Waals surface area contributed by atoms with Crippen LogP contribution in [0.25, 0.3) is 0 Å². The molecule has 0 saturated heterocycles. The molecule has 4 N–H and O–H groups in total. The van der Waals surface area contributed by atoms with Gasteiger partial charge in [0.05, 0.1) is 12.1 Å². The SMILES string of the molecule is CC(C)CC(=NC[C@H](N)C(=O)O)C1=C(O)CC(C)(C)CC1=O. The van der Waals surface area contributed by atoms with Crippen LogP contribution in [0.3, 0.4) is 0 Å². The summed E-state index contributed by atoms with van der Waals surface area (Å²) in [6.45, 7) is 7.70. The number of aliphatic hydroxyl groups is 1. The van der Waals surface area contributed by atoms with Gasteiger partial charge in [-0.2, -0.15) is 0 Å². The summed E-state index contributed by atoms with van der Waals surface area (Å²) in [5.41, 5.74) is 5.91. The summed E-state index contributed by atoms with van der Waals surface area (Å²) in [5, 5.41) is 19.1. The second kappa shape index (κ2) is 7.05. The van der Waals surface area contributed by atoms with E-state index in [-0.39, 0.29) is 35.0 Å². The number of carboxylic acids is 1. The molecule has 0 unspecified atom stereocenters. The number of nitrogens with two attached hydrogens (primary N) is 1. The van der Waals surface area contributed by atoms with Crippen LogP contribution in [0.15, 0.2) is 16.3 Å². The summed E-state index contributed by atoms with van der Waals surface area (Å²) in [4.78, 5) is 27.4. The number of Topliss-reactive ketones (excluding diaryl/α,β-unsaturated/α-hetero) is 1. The lowest BCUT2D eigenvalue weighted by atomic mass is 9.75. The van der Waals surface area contributed by atoms with Gasteiger partial charge in [-0.15, -0.1) is 0 Å². The zero-order chi connectivity index (χ0) is 17.1. The van der Waals surface area contributed by atoms with Gasteiger partial charge in [-0.05, 0) is 17.8 Å². The summed E-state index contributed by atoms with van der Waals surface area (Å²) in [6, 6.07) is -1.11. The standard InChI is InChI=1S/C16H26N2O4/c1-9(2)5-11(18-8-10(17)15(21)22)14-12(19)6-16(3,4)7-13(14)20/h9-10,19H,5-8,17H2,1-4H3,(H,21,22)/t10-/m0/s1. The van der Waals surface area contributed by atoms with Gasteiger partial charge in [-0.3, -0.25) is 14.6 Å². The zero-order valence-corrected chi connectivity index (χ0v) is 13.7. The Morgan fingerprint density at radius 2 is 1.95 bits per heavy atom. The third-order valence-electron chi connectivity index (χ3n) is 3.54. The summed E-state index contributed by atoms with van der Waals surface area (Å²) in [6.07, 6.45) is 1.25. The molecule has 22 heavy (non-hydrogen) atoms. The van der Waals surface area contributed by atoms with Gasteiger partial charge in [0, 0.05) is 18.6 Å². The molecule has 0 fully saturated rings. The Bertz CT molecular complexity index is 518. The Labute approximate surface area is 131 Å². The predicted molar refractivity (Wildman–Crippen MR) is 85.0 cm³/mol. The second-order valence-corrected chi connectivity index (χ2v) is 7.09. The third kappa shape index (κ3) is 4.94. The van der Waals surface area contributed by atoms with Gasteiger partial charge in [-0.25, -0.2) is 0 Å². The maximum absolute atomic E-state index is 12.4. The van der Waals surface area contributed by atoms with Crippen molar-refractivity contribution >= 4 is 17.5 Å². The predicted octanol–water partition coefficient (Wildman–Crippen LogP) is 2.09. The first-order valence-corrected chi connectivity index (χ1v) is 7.51. The Morgan fingerprint density at radius 1 is 1.36 bits per heavy atom. The average Bonchev–Trinajstić information content (AvgIpc) is 2.31. The molecule has 0 heterocycles. The van der Waals surface area contributed by atoms with E-state index < -0.39 is 12.0 Å². The van der Waals surface area contributed by atoms with E-state index in [1.807, 2.05) is 27.7 Å². The molecule has 6 nitrogen and oxygen atoms in total. The number of carbonyl (C=O) groups excluding carboxylic acids is 1. The number of carboxylic acid groups (broad SMARTS) is 1.